The van der Waals surface area contributed by atoms with Crippen molar-refractivity contribution < 1.29 is 9.90 Å². The van der Waals surface area contributed by atoms with Crippen LogP contribution in [0, 0.1) is 20.8 Å². The van der Waals surface area contributed by atoms with Crippen molar-refractivity contribution in [3.63, 3.8) is 0 Å². The Morgan fingerprint density at radius 2 is 2.00 bits per heavy atom. The Hall–Kier alpha value is -1.91. The Balaban J connectivity index is 2.96. The molecule has 0 spiro atoms. The average molecular weight is 205 g/mol. The number of fused-ring (bicyclic) bond motifs is 1. The minimum Gasteiger partial charge on any atom is -0.477 e. The van der Waals surface area contributed by atoms with E-state index >= 15 is 0 Å². The molecule has 5 heteroatoms. The summed E-state index contributed by atoms with van der Waals surface area (Å²) in [5.41, 5.74) is 2.92. The van der Waals surface area contributed by atoms with Gasteiger partial charge in [0, 0.05) is 5.69 Å². The van der Waals surface area contributed by atoms with Gasteiger partial charge in [0.2, 0.25) is 0 Å². The largest absolute Gasteiger partial charge is 0.477 e. The quantitative estimate of drug-likeness (QED) is 0.763. The topological polar surface area (TPSA) is 67.5 Å². The van der Waals surface area contributed by atoms with E-state index < -0.39 is 5.97 Å². The number of aryl methyl sites for hydroxylation is 3. The van der Waals surface area contributed by atoms with E-state index in [0.29, 0.717) is 11.3 Å². The third kappa shape index (κ3) is 1.27. The van der Waals surface area contributed by atoms with Crippen LogP contribution in [0.15, 0.2) is 6.20 Å². The van der Waals surface area contributed by atoms with E-state index in [9.17, 15) is 4.79 Å². The van der Waals surface area contributed by atoms with E-state index in [1.54, 1.807) is 17.5 Å². The zero-order valence-corrected chi connectivity index (χ0v) is 8.77. The summed E-state index contributed by atoms with van der Waals surface area (Å²) >= 11 is 0. The van der Waals surface area contributed by atoms with E-state index in [1.165, 1.54) is 0 Å². The summed E-state index contributed by atoms with van der Waals surface area (Å²) in [5.74, 6) is -0.964. The monoisotopic (exact) mass is 205 g/mol. The summed E-state index contributed by atoms with van der Waals surface area (Å²) in [6.07, 6.45) is 1.59. The molecule has 0 unspecified atom stereocenters. The van der Waals surface area contributed by atoms with E-state index in [1.807, 2.05) is 13.8 Å². The number of nitrogens with zero attached hydrogens (tertiary/aromatic N) is 3. The lowest BCUT2D eigenvalue weighted by Gasteiger charge is -2.04. The molecule has 1 N–H and O–H groups in total. The van der Waals surface area contributed by atoms with Crippen molar-refractivity contribution in [2.45, 2.75) is 20.8 Å². The van der Waals surface area contributed by atoms with Crippen LogP contribution < -0.4 is 0 Å². The third-order valence-corrected chi connectivity index (χ3v) is 2.51. The molecule has 2 aromatic rings. The number of imidazole rings is 1. The molecule has 0 aliphatic heterocycles. The highest BCUT2D eigenvalue weighted by molar-refractivity contribution is 5.88. The molecular weight excluding hydrogens is 194 g/mol. The minimum absolute atomic E-state index is 0.216. The zero-order valence-electron chi connectivity index (χ0n) is 8.77. The number of hydrogen-bond donors (Lipinski definition) is 1. The second kappa shape index (κ2) is 3.05. The molecule has 0 aliphatic rings. The van der Waals surface area contributed by atoms with Crippen LogP contribution in [0.3, 0.4) is 0 Å². The maximum atomic E-state index is 11.1. The first-order valence-electron chi connectivity index (χ1n) is 4.57. The summed E-state index contributed by atoms with van der Waals surface area (Å²) in [6.45, 7) is 5.36. The van der Waals surface area contributed by atoms with Crippen LogP contribution in [-0.2, 0) is 0 Å². The highest BCUT2D eigenvalue weighted by Crippen LogP contribution is 2.15. The molecule has 15 heavy (non-hydrogen) atoms. The Morgan fingerprint density at radius 3 is 2.60 bits per heavy atom. The molecule has 0 bridgehead atoms. The number of aromatic nitrogens is 3. The normalized spacial score (nSPS) is 10.9. The molecule has 78 valence electrons. The van der Waals surface area contributed by atoms with Gasteiger partial charge in [-0.3, -0.25) is 9.38 Å². The van der Waals surface area contributed by atoms with Gasteiger partial charge < -0.3 is 5.11 Å². The Labute approximate surface area is 86.4 Å². The number of hydrogen-bond acceptors (Lipinski definition) is 3. The number of aromatic carboxylic acids is 1. The Bertz CT molecular complexity index is 557. The lowest BCUT2D eigenvalue weighted by Crippen LogP contribution is -2.07. The van der Waals surface area contributed by atoms with Gasteiger partial charge in [0.25, 0.3) is 0 Å². The minimum atomic E-state index is -0.964. The molecule has 2 rings (SSSR count). The van der Waals surface area contributed by atoms with Crippen LogP contribution in [0.25, 0.3) is 5.65 Å². The van der Waals surface area contributed by atoms with Crippen LogP contribution in [0.5, 0.6) is 0 Å². The van der Waals surface area contributed by atoms with E-state index in [4.69, 9.17) is 5.11 Å². The summed E-state index contributed by atoms with van der Waals surface area (Å²) in [4.78, 5) is 19.4. The fourth-order valence-corrected chi connectivity index (χ4v) is 1.64. The van der Waals surface area contributed by atoms with Crippen LogP contribution in [-0.4, -0.2) is 25.4 Å². The van der Waals surface area contributed by atoms with Crippen LogP contribution in [0.1, 0.15) is 27.6 Å². The summed E-state index contributed by atoms with van der Waals surface area (Å²) in [6, 6.07) is 0. The van der Waals surface area contributed by atoms with Gasteiger partial charge in [-0.15, -0.1) is 0 Å². The predicted molar refractivity (Wildman–Crippen MR) is 54.2 cm³/mol. The molecule has 2 aromatic heterocycles. The molecule has 0 radical (unpaired) electrons. The first kappa shape index (κ1) is 9.64. The van der Waals surface area contributed by atoms with E-state index in [2.05, 4.69) is 9.97 Å². The molecule has 0 fully saturated rings. The standard InChI is InChI=1S/C10H11N3O2/c1-5-7(3)13-8(4-11-5)12-6(2)9(13)10(14)15/h4H,1-3H3,(H,14,15). The van der Waals surface area contributed by atoms with Gasteiger partial charge in [-0.2, -0.15) is 0 Å². The van der Waals surface area contributed by atoms with E-state index in [-0.39, 0.29) is 5.69 Å². The van der Waals surface area contributed by atoms with Crippen molar-refractivity contribution in [2.24, 2.45) is 0 Å². The van der Waals surface area contributed by atoms with Gasteiger partial charge in [-0.25, -0.2) is 9.78 Å². The lowest BCUT2D eigenvalue weighted by molar-refractivity contribution is 0.0688. The molecule has 0 saturated carbocycles. The molecule has 0 saturated heterocycles. The van der Waals surface area contributed by atoms with Crippen molar-refractivity contribution >= 4 is 11.6 Å². The molecular formula is C10H11N3O2. The molecule has 0 aromatic carbocycles. The molecule has 2 heterocycles. The SMILES string of the molecule is Cc1ncc2nc(C)c(C(=O)O)n2c1C. The van der Waals surface area contributed by atoms with Gasteiger partial charge in [0.15, 0.2) is 11.3 Å². The summed E-state index contributed by atoms with van der Waals surface area (Å²) in [7, 11) is 0. The van der Waals surface area contributed by atoms with Crippen molar-refractivity contribution in [3.05, 3.63) is 29.0 Å². The van der Waals surface area contributed by atoms with Crippen molar-refractivity contribution in [1.82, 2.24) is 14.4 Å². The van der Waals surface area contributed by atoms with Crippen LogP contribution in [0.2, 0.25) is 0 Å². The maximum Gasteiger partial charge on any atom is 0.354 e. The lowest BCUT2D eigenvalue weighted by atomic mass is 10.3. The van der Waals surface area contributed by atoms with E-state index in [0.717, 1.165) is 11.4 Å². The summed E-state index contributed by atoms with van der Waals surface area (Å²) in [5, 5.41) is 9.09. The molecule has 5 nitrogen and oxygen atoms in total. The smallest absolute Gasteiger partial charge is 0.354 e. The van der Waals surface area contributed by atoms with Crippen LogP contribution >= 0.6 is 0 Å². The number of carboxylic acid groups (broad SMARTS) is 1. The highest BCUT2D eigenvalue weighted by atomic mass is 16.4. The van der Waals surface area contributed by atoms with Crippen molar-refractivity contribution in [1.29, 1.82) is 0 Å². The average Bonchev–Trinajstić information content (AvgIpc) is 2.49. The highest BCUT2D eigenvalue weighted by Gasteiger charge is 2.17. The first-order valence-corrected chi connectivity index (χ1v) is 4.57. The maximum absolute atomic E-state index is 11.1. The molecule has 0 amide bonds. The van der Waals surface area contributed by atoms with Gasteiger partial charge >= 0.3 is 5.97 Å². The second-order valence-corrected chi connectivity index (χ2v) is 3.47. The molecule has 0 atom stereocenters. The number of rotatable bonds is 1. The van der Waals surface area contributed by atoms with Gasteiger partial charge in [0.1, 0.15) is 0 Å². The summed E-state index contributed by atoms with van der Waals surface area (Å²) < 4.78 is 1.62. The van der Waals surface area contributed by atoms with Gasteiger partial charge in [-0.05, 0) is 20.8 Å². The number of carbonyl (C=O) groups is 1. The fourth-order valence-electron chi connectivity index (χ4n) is 1.64. The van der Waals surface area contributed by atoms with Gasteiger partial charge in [-0.1, -0.05) is 0 Å². The van der Waals surface area contributed by atoms with Crippen LogP contribution in [0.4, 0.5) is 0 Å². The zero-order chi connectivity index (χ0) is 11.2. The second-order valence-electron chi connectivity index (χ2n) is 3.47. The van der Waals surface area contributed by atoms with Crippen molar-refractivity contribution in [3.8, 4) is 0 Å². The molecule has 0 aliphatic carbocycles. The predicted octanol–water partition coefficient (Wildman–Crippen LogP) is 1.35. The Morgan fingerprint density at radius 1 is 1.33 bits per heavy atom. The fraction of sp³-hybridized carbons (Fsp3) is 0.300. The number of carboxylic acids is 1. The van der Waals surface area contributed by atoms with Gasteiger partial charge in [0.05, 0.1) is 17.6 Å². The van der Waals surface area contributed by atoms with Crippen molar-refractivity contribution in [2.75, 3.05) is 0 Å². The third-order valence-electron chi connectivity index (χ3n) is 2.51. The Kier molecular flexibility index (Phi) is 1.96. The first-order chi connectivity index (χ1) is 7.02.